The molecule has 2 N–H and O–H groups in total. The number of amides is 1. The fourth-order valence-electron chi connectivity index (χ4n) is 2.08. The summed E-state index contributed by atoms with van der Waals surface area (Å²) in [6.07, 6.45) is -1.35. The maximum Gasteiger partial charge on any atom is 0.260 e. The molecule has 116 valence electrons. The molecule has 1 amide bonds. The summed E-state index contributed by atoms with van der Waals surface area (Å²) < 4.78 is 5.60. The third-order valence-corrected chi connectivity index (χ3v) is 3.33. The largest absolute Gasteiger partial charge is 0.481 e. The second-order valence-corrected chi connectivity index (χ2v) is 5.25. The highest BCUT2D eigenvalue weighted by Gasteiger charge is 2.16. The van der Waals surface area contributed by atoms with E-state index in [1.54, 1.807) is 6.92 Å². The van der Waals surface area contributed by atoms with Crippen molar-refractivity contribution in [3.05, 3.63) is 65.7 Å². The molecular formula is C18H21NO3. The number of benzene rings is 2. The first kappa shape index (κ1) is 16.0. The number of carbonyl (C=O) groups is 1. The molecule has 0 unspecified atom stereocenters. The average Bonchev–Trinajstić information content (AvgIpc) is 2.53. The van der Waals surface area contributed by atoms with Gasteiger partial charge in [0.1, 0.15) is 5.75 Å². The van der Waals surface area contributed by atoms with Gasteiger partial charge in [0, 0.05) is 6.54 Å². The monoisotopic (exact) mass is 299 g/mol. The molecule has 2 aromatic rings. The molecule has 4 heteroatoms. The summed E-state index contributed by atoms with van der Waals surface area (Å²) in [5.41, 5.74) is 1.85. The van der Waals surface area contributed by atoms with Crippen molar-refractivity contribution in [2.45, 2.75) is 26.1 Å². The van der Waals surface area contributed by atoms with E-state index in [0.717, 1.165) is 11.1 Å². The molecule has 0 radical (unpaired) electrons. The van der Waals surface area contributed by atoms with Gasteiger partial charge in [-0.15, -0.1) is 0 Å². The van der Waals surface area contributed by atoms with E-state index in [2.05, 4.69) is 5.32 Å². The van der Waals surface area contributed by atoms with E-state index in [1.807, 2.05) is 61.5 Å². The number of nitrogens with one attached hydrogen (secondary N) is 1. The SMILES string of the molecule is Cc1cccc(O[C@@H](C)C(=O)NC[C@H](O)c2ccccc2)c1. The number of hydrogen-bond donors (Lipinski definition) is 2. The lowest BCUT2D eigenvalue weighted by Crippen LogP contribution is -2.38. The van der Waals surface area contributed by atoms with Crippen LogP contribution in [0.2, 0.25) is 0 Å². The van der Waals surface area contributed by atoms with Crippen molar-refractivity contribution in [1.29, 1.82) is 0 Å². The van der Waals surface area contributed by atoms with Gasteiger partial charge in [0.25, 0.3) is 5.91 Å². The lowest BCUT2D eigenvalue weighted by atomic mass is 10.1. The van der Waals surface area contributed by atoms with E-state index in [0.29, 0.717) is 5.75 Å². The minimum Gasteiger partial charge on any atom is -0.481 e. The number of hydrogen-bond acceptors (Lipinski definition) is 3. The van der Waals surface area contributed by atoms with E-state index < -0.39 is 12.2 Å². The Morgan fingerprint density at radius 1 is 1.18 bits per heavy atom. The molecule has 0 aromatic heterocycles. The normalized spacial score (nSPS) is 13.2. The van der Waals surface area contributed by atoms with Gasteiger partial charge in [0.2, 0.25) is 0 Å². The Morgan fingerprint density at radius 2 is 1.91 bits per heavy atom. The van der Waals surface area contributed by atoms with Gasteiger partial charge in [0.15, 0.2) is 6.10 Å². The van der Waals surface area contributed by atoms with E-state index in [9.17, 15) is 9.90 Å². The Kier molecular flexibility index (Phi) is 5.55. The van der Waals surface area contributed by atoms with Gasteiger partial charge < -0.3 is 15.2 Å². The lowest BCUT2D eigenvalue weighted by molar-refractivity contribution is -0.127. The summed E-state index contributed by atoms with van der Waals surface area (Å²) >= 11 is 0. The van der Waals surface area contributed by atoms with Gasteiger partial charge in [-0.1, -0.05) is 42.5 Å². The van der Waals surface area contributed by atoms with Crippen LogP contribution in [0, 0.1) is 6.92 Å². The fraction of sp³-hybridized carbons (Fsp3) is 0.278. The Hall–Kier alpha value is -2.33. The van der Waals surface area contributed by atoms with Crippen molar-refractivity contribution >= 4 is 5.91 Å². The third kappa shape index (κ3) is 4.60. The summed E-state index contributed by atoms with van der Waals surface area (Å²) in [4.78, 5) is 12.0. The van der Waals surface area contributed by atoms with Crippen LogP contribution in [0.15, 0.2) is 54.6 Å². The molecule has 0 spiro atoms. The molecule has 2 aromatic carbocycles. The topological polar surface area (TPSA) is 58.6 Å². The van der Waals surface area contributed by atoms with E-state index in [-0.39, 0.29) is 12.5 Å². The Balaban J connectivity index is 1.84. The van der Waals surface area contributed by atoms with Gasteiger partial charge in [0.05, 0.1) is 6.10 Å². The molecule has 0 fully saturated rings. The molecule has 2 atom stereocenters. The zero-order chi connectivity index (χ0) is 15.9. The smallest absolute Gasteiger partial charge is 0.260 e. The Morgan fingerprint density at radius 3 is 2.59 bits per heavy atom. The van der Waals surface area contributed by atoms with Crippen molar-refractivity contribution in [2.75, 3.05) is 6.54 Å². The van der Waals surface area contributed by atoms with Crippen LogP contribution in [-0.4, -0.2) is 23.7 Å². The van der Waals surface area contributed by atoms with Gasteiger partial charge in [-0.3, -0.25) is 4.79 Å². The first-order valence-corrected chi connectivity index (χ1v) is 7.30. The van der Waals surface area contributed by atoms with Crippen molar-refractivity contribution in [3.8, 4) is 5.75 Å². The molecule has 0 aliphatic rings. The van der Waals surface area contributed by atoms with E-state index in [1.165, 1.54) is 0 Å². The molecule has 0 bridgehead atoms. The number of aliphatic hydroxyl groups excluding tert-OH is 1. The molecule has 22 heavy (non-hydrogen) atoms. The maximum atomic E-state index is 12.0. The van der Waals surface area contributed by atoms with Gasteiger partial charge in [-0.05, 0) is 37.1 Å². The highest BCUT2D eigenvalue weighted by atomic mass is 16.5. The van der Waals surface area contributed by atoms with Crippen molar-refractivity contribution < 1.29 is 14.6 Å². The Labute approximate surface area is 130 Å². The lowest BCUT2D eigenvalue weighted by Gasteiger charge is -2.17. The van der Waals surface area contributed by atoms with Crippen molar-refractivity contribution in [3.63, 3.8) is 0 Å². The van der Waals surface area contributed by atoms with Crippen LogP contribution in [0.4, 0.5) is 0 Å². The van der Waals surface area contributed by atoms with Gasteiger partial charge in [-0.25, -0.2) is 0 Å². The van der Waals surface area contributed by atoms with Crippen LogP contribution in [0.1, 0.15) is 24.2 Å². The minimum atomic E-state index is -0.726. The number of aliphatic hydroxyl groups is 1. The fourth-order valence-corrected chi connectivity index (χ4v) is 2.08. The van der Waals surface area contributed by atoms with Crippen LogP contribution in [0.5, 0.6) is 5.75 Å². The van der Waals surface area contributed by atoms with Crippen LogP contribution < -0.4 is 10.1 Å². The summed E-state index contributed by atoms with van der Waals surface area (Å²) in [5, 5.41) is 12.7. The predicted octanol–water partition coefficient (Wildman–Crippen LogP) is 2.61. The molecule has 0 aliphatic heterocycles. The number of ether oxygens (including phenoxy) is 1. The molecule has 0 aliphatic carbocycles. The molecule has 2 rings (SSSR count). The second kappa shape index (κ2) is 7.61. The summed E-state index contributed by atoms with van der Waals surface area (Å²) in [6, 6.07) is 16.8. The van der Waals surface area contributed by atoms with Gasteiger partial charge in [-0.2, -0.15) is 0 Å². The number of carbonyl (C=O) groups excluding carboxylic acids is 1. The summed E-state index contributed by atoms with van der Waals surface area (Å²) in [7, 11) is 0. The Bertz CT molecular complexity index is 613. The predicted molar refractivity (Wildman–Crippen MR) is 85.7 cm³/mol. The van der Waals surface area contributed by atoms with Gasteiger partial charge >= 0.3 is 0 Å². The highest BCUT2D eigenvalue weighted by molar-refractivity contribution is 5.80. The van der Waals surface area contributed by atoms with Crippen LogP contribution in [-0.2, 0) is 4.79 Å². The summed E-state index contributed by atoms with van der Waals surface area (Å²) in [6.45, 7) is 3.81. The van der Waals surface area contributed by atoms with E-state index in [4.69, 9.17) is 4.74 Å². The van der Waals surface area contributed by atoms with Crippen molar-refractivity contribution in [2.24, 2.45) is 0 Å². The van der Waals surface area contributed by atoms with Crippen LogP contribution >= 0.6 is 0 Å². The first-order valence-electron chi connectivity index (χ1n) is 7.30. The molecule has 4 nitrogen and oxygen atoms in total. The summed E-state index contributed by atoms with van der Waals surface area (Å²) in [5.74, 6) is 0.405. The molecule has 0 saturated heterocycles. The maximum absolute atomic E-state index is 12.0. The molecule has 0 heterocycles. The minimum absolute atomic E-state index is 0.157. The average molecular weight is 299 g/mol. The zero-order valence-electron chi connectivity index (χ0n) is 12.8. The molecular weight excluding hydrogens is 278 g/mol. The van der Waals surface area contributed by atoms with Crippen molar-refractivity contribution in [1.82, 2.24) is 5.32 Å². The van der Waals surface area contributed by atoms with Crippen LogP contribution in [0.3, 0.4) is 0 Å². The quantitative estimate of drug-likeness (QED) is 0.862. The standard InChI is InChI=1S/C18H21NO3/c1-13-7-6-10-16(11-13)22-14(2)18(21)19-12-17(20)15-8-4-3-5-9-15/h3-11,14,17,20H,12H2,1-2H3,(H,19,21)/t14-,17-/m0/s1. The third-order valence-electron chi connectivity index (χ3n) is 3.33. The highest BCUT2D eigenvalue weighted by Crippen LogP contribution is 2.14. The zero-order valence-corrected chi connectivity index (χ0v) is 12.8. The van der Waals surface area contributed by atoms with Crippen LogP contribution in [0.25, 0.3) is 0 Å². The number of rotatable bonds is 6. The molecule has 0 saturated carbocycles. The second-order valence-electron chi connectivity index (χ2n) is 5.25. The van der Waals surface area contributed by atoms with E-state index >= 15 is 0 Å². The number of aryl methyl sites for hydroxylation is 1. The first-order chi connectivity index (χ1) is 10.6.